The van der Waals surface area contributed by atoms with Crippen molar-refractivity contribution in [3.05, 3.63) is 59.7 Å². The van der Waals surface area contributed by atoms with E-state index in [-0.39, 0.29) is 25.0 Å². The zero-order valence-electron chi connectivity index (χ0n) is 20.1. The molecule has 1 atom stereocenters. The van der Waals surface area contributed by atoms with Gasteiger partial charge in [-0.3, -0.25) is 9.69 Å². The number of thiazole rings is 1. The van der Waals surface area contributed by atoms with Gasteiger partial charge in [0.2, 0.25) is 5.91 Å². The monoisotopic (exact) mass is 525 g/mol. The second-order valence-electron chi connectivity index (χ2n) is 8.82. The van der Waals surface area contributed by atoms with Crippen molar-refractivity contribution < 1.29 is 19.0 Å². The van der Waals surface area contributed by atoms with Crippen molar-refractivity contribution in [2.75, 3.05) is 36.9 Å². The number of fused-ring (bicyclic) bond motifs is 1. The summed E-state index contributed by atoms with van der Waals surface area (Å²) in [5.74, 6) is 0.598. The molecule has 0 unspecified atom stereocenters. The number of benzene rings is 1. The van der Waals surface area contributed by atoms with Crippen LogP contribution >= 0.6 is 11.3 Å². The minimum Gasteiger partial charge on any atom is -0.492 e. The van der Waals surface area contributed by atoms with E-state index in [2.05, 4.69) is 30.6 Å². The second kappa shape index (κ2) is 11.6. The fraction of sp³-hybridized carbons (Fsp3) is 0.360. The third kappa shape index (κ3) is 6.40. The van der Waals surface area contributed by atoms with E-state index in [1.165, 1.54) is 29.8 Å². The Hall–Kier alpha value is -3.61. The Balaban J connectivity index is 1.16. The van der Waals surface area contributed by atoms with Crippen molar-refractivity contribution in [2.24, 2.45) is 0 Å². The molecule has 194 valence electrons. The molecule has 1 aliphatic heterocycles. The van der Waals surface area contributed by atoms with Crippen LogP contribution in [0.1, 0.15) is 24.1 Å². The third-order valence-corrected chi connectivity index (χ3v) is 7.08. The molecule has 1 amide bonds. The maximum absolute atomic E-state index is 13.3. The summed E-state index contributed by atoms with van der Waals surface area (Å²) < 4.78 is 21.0. The fourth-order valence-electron chi connectivity index (χ4n) is 4.41. The number of hydrogen-bond acceptors (Lipinski definition) is 9. The van der Waals surface area contributed by atoms with Gasteiger partial charge in [-0.25, -0.2) is 18.9 Å². The van der Waals surface area contributed by atoms with Gasteiger partial charge in [-0.1, -0.05) is 6.07 Å². The van der Waals surface area contributed by atoms with Crippen LogP contribution in [-0.2, 0) is 11.2 Å². The summed E-state index contributed by atoms with van der Waals surface area (Å²) in [7, 11) is 0. The molecule has 3 aromatic heterocycles. The van der Waals surface area contributed by atoms with E-state index < -0.39 is 5.82 Å². The minimum atomic E-state index is -0.407. The average Bonchev–Trinajstić information content (AvgIpc) is 3.62. The normalized spacial score (nSPS) is 15.8. The topological polar surface area (TPSA) is 117 Å². The molecule has 1 aromatic carbocycles. The number of aliphatic hydroxyl groups excluding tert-OH is 1. The molecule has 0 spiro atoms. The molecule has 3 N–H and O–H groups in total. The van der Waals surface area contributed by atoms with E-state index in [0.29, 0.717) is 29.0 Å². The highest BCUT2D eigenvalue weighted by Crippen LogP contribution is 2.27. The summed E-state index contributed by atoms with van der Waals surface area (Å²) in [5.41, 5.74) is 1.14. The molecule has 4 aromatic rings. The predicted octanol–water partition coefficient (Wildman–Crippen LogP) is 3.48. The van der Waals surface area contributed by atoms with Crippen LogP contribution in [0.25, 0.3) is 5.52 Å². The first-order valence-electron chi connectivity index (χ1n) is 12.2. The molecule has 1 aliphatic rings. The largest absolute Gasteiger partial charge is 0.492 e. The number of aromatic nitrogens is 4. The number of rotatable bonds is 11. The van der Waals surface area contributed by atoms with Gasteiger partial charge in [0, 0.05) is 35.4 Å². The molecule has 0 radical (unpaired) electrons. The lowest BCUT2D eigenvalue weighted by Crippen LogP contribution is -2.33. The van der Waals surface area contributed by atoms with Crippen LogP contribution in [0, 0.1) is 5.82 Å². The van der Waals surface area contributed by atoms with Crippen molar-refractivity contribution in [3.8, 4) is 5.75 Å². The molecular weight excluding hydrogens is 497 g/mol. The number of ether oxygens (including phenoxy) is 1. The van der Waals surface area contributed by atoms with Gasteiger partial charge in [-0.05, 0) is 44.0 Å². The molecule has 0 bridgehead atoms. The Morgan fingerprint density at radius 1 is 1.30 bits per heavy atom. The number of halogens is 1. The van der Waals surface area contributed by atoms with Crippen LogP contribution in [0.4, 0.5) is 21.0 Å². The SMILES string of the molecule is O=C(Cc1cnc(Nc2ncnn3cc(OCCCN4CCC[C@H]4CO)cc23)s1)Nc1cccc(F)c1. The standard InChI is InChI=1S/C25H28FN7O3S/c26-17-4-1-5-18(10-17)30-23(35)12-21-13-27-25(37-21)31-24-22-11-20(14-33(22)29-16-28-24)36-9-3-8-32-7-2-6-19(32)15-34/h1,4-5,10-11,13-14,16,19,34H,2-3,6-9,12,15H2,(H,30,35)(H,27,28,29,31)/t19-/m0/s1. The molecule has 4 heterocycles. The Morgan fingerprint density at radius 3 is 3.08 bits per heavy atom. The van der Waals surface area contributed by atoms with Crippen LogP contribution in [-0.4, -0.2) is 67.8 Å². The van der Waals surface area contributed by atoms with Crippen LogP contribution in [0.3, 0.4) is 0 Å². The van der Waals surface area contributed by atoms with Gasteiger partial charge in [0.1, 0.15) is 23.4 Å². The van der Waals surface area contributed by atoms with Crippen molar-refractivity contribution in [1.82, 2.24) is 24.5 Å². The van der Waals surface area contributed by atoms with Gasteiger partial charge in [-0.2, -0.15) is 5.10 Å². The van der Waals surface area contributed by atoms with E-state index in [4.69, 9.17) is 4.74 Å². The summed E-state index contributed by atoms with van der Waals surface area (Å²) in [6, 6.07) is 7.92. The zero-order chi connectivity index (χ0) is 25.6. The van der Waals surface area contributed by atoms with Crippen LogP contribution in [0.15, 0.2) is 49.1 Å². The molecule has 1 saturated heterocycles. The first-order chi connectivity index (χ1) is 18.1. The minimum absolute atomic E-state index is 0.120. The lowest BCUT2D eigenvalue weighted by atomic mass is 10.2. The highest BCUT2D eigenvalue weighted by atomic mass is 32.1. The van der Waals surface area contributed by atoms with Crippen LogP contribution < -0.4 is 15.4 Å². The van der Waals surface area contributed by atoms with Gasteiger partial charge in [0.05, 0.1) is 25.8 Å². The Bertz CT molecular complexity index is 1360. The lowest BCUT2D eigenvalue weighted by Gasteiger charge is -2.22. The van der Waals surface area contributed by atoms with Gasteiger partial charge >= 0.3 is 0 Å². The molecule has 37 heavy (non-hydrogen) atoms. The number of nitrogens with zero attached hydrogens (tertiary/aromatic N) is 5. The average molecular weight is 526 g/mol. The number of carbonyl (C=O) groups is 1. The predicted molar refractivity (Wildman–Crippen MR) is 139 cm³/mol. The molecule has 0 saturated carbocycles. The van der Waals surface area contributed by atoms with Crippen molar-refractivity contribution in [3.63, 3.8) is 0 Å². The van der Waals surface area contributed by atoms with Crippen LogP contribution in [0.5, 0.6) is 5.75 Å². The van der Waals surface area contributed by atoms with E-state index in [9.17, 15) is 14.3 Å². The Morgan fingerprint density at radius 2 is 2.22 bits per heavy atom. The van der Waals surface area contributed by atoms with E-state index in [1.807, 2.05) is 6.07 Å². The van der Waals surface area contributed by atoms with E-state index >= 15 is 0 Å². The van der Waals surface area contributed by atoms with Gasteiger partial charge < -0.3 is 20.5 Å². The highest BCUT2D eigenvalue weighted by molar-refractivity contribution is 7.15. The van der Waals surface area contributed by atoms with Crippen molar-refractivity contribution in [1.29, 1.82) is 0 Å². The van der Waals surface area contributed by atoms with E-state index in [0.717, 1.165) is 42.7 Å². The molecule has 1 fully saturated rings. The van der Waals surface area contributed by atoms with Crippen molar-refractivity contribution >= 4 is 39.4 Å². The lowest BCUT2D eigenvalue weighted by molar-refractivity contribution is -0.115. The quantitative estimate of drug-likeness (QED) is 0.255. The second-order valence-corrected chi connectivity index (χ2v) is 9.94. The van der Waals surface area contributed by atoms with Crippen LogP contribution in [0.2, 0.25) is 0 Å². The summed E-state index contributed by atoms with van der Waals surface area (Å²) in [6.45, 7) is 2.71. The number of hydrogen-bond donors (Lipinski definition) is 3. The van der Waals surface area contributed by atoms with Crippen molar-refractivity contribution in [2.45, 2.75) is 31.7 Å². The number of anilines is 3. The van der Waals surface area contributed by atoms with Gasteiger partial charge in [-0.15, -0.1) is 11.3 Å². The molecular formula is C25H28FN7O3S. The summed E-state index contributed by atoms with van der Waals surface area (Å²) in [5, 5.41) is 20.2. The number of carbonyl (C=O) groups excluding carboxylic acids is 1. The maximum atomic E-state index is 13.3. The smallest absolute Gasteiger partial charge is 0.229 e. The number of aliphatic hydroxyl groups is 1. The fourth-order valence-corrected chi connectivity index (χ4v) is 5.22. The summed E-state index contributed by atoms with van der Waals surface area (Å²) in [4.78, 5) is 24.1. The molecule has 12 heteroatoms. The number of likely N-dealkylation sites (tertiary alicyclic amines) is 1. The Kier molecular flexibility index (Phi) is 7.87. The zero-order valence-corrected chi connectivity index (χ0v) is 21.0. The highest BCUT2D eigenvalue weighted by Gasteiger charge is 2.22. The molecule has 10 nitrogen and oxygen atoms in total. The third-order valence-electron chi connectivity index (χ3n) is 6.17. The molecule has 0 aliphatic carbocycles. The van der Waals surface area contributed by atoms with E-state index in [1.54, 1.807) is 29.0 Å². The number of amides is 1. The summed E-state index contributed by atoms with van der Waals surface area (Å²) >= 11 is 1.34. The van der Waals surface area contributed by atoms with Gasteiger partial charge in [0.25, 0.3) is 0 Å². The first-order valence-corrected chi connectivity index (χ1v) is 13.0. The first kappa shape index (κ1) is 25.1. The number of nitrogens with one attached hydrogen (secondary N) is 2. The summed E-state index contributed by atoms with van der Waals surface area (Å²) in [6.07, 6.45) is 8.06. The Labute approximate surface area is 217 Å². The maximum Gasteiger partial charge on any atom is 0.229 e. The molecule has 5 rings (SSSR count). The van der Waals surface area contributed by atoms with Gasteiger partial charge in [0.15, 0.2) is 10.9 Å².